The molecule has 0 saturated heterocycles. The summed E-state index contributed by atoms with van der Waals surface area (Å²) in [6.45, 7) is 0. The molecule has 3 heteroatoms. The molecule has 102 valence electrons. The normalized spacial score (nSPS) is 39.7. The number of hydrogen-bond donors (Lipinski definition) is 2. The molecule has 3 fully saturated rings. The lowest BCUT2D eigenvalue weighted by Gasteiger charge is -2.43. The van der Waals surface area contributed by atoms with Gasteiger partial charge in [-0.15, -0.1) is 0 Å². The maximum absolute atomic E-state index is 11.9. The van der Waals surface area contributed by atoms with Gasteiger partial charge in [-0.3, -0.25) is 4.79 Å². The average molecular weight is 251 g/mol. The number of aliphatic carboxylic acids is 1. The Morgan fingerprint density at radius 2 is 1.78 bits per heavy atom. The van der Waals surface area contributed by atoms with E-state index in [2.05, 4.69) is 0 Å². The Labute approximate surface area is 109 Å². The second-order valence-corrected chi connectivity index (χ2v) is 6.85. The first-order valence-corrected chi connectivity index (χ1v) is 7.64. The van der Waals surface area contributed by atoms with E-state index in [-0.39, 0.29) is 11.8 Å². The van der Waals surface area contributed by atoms with Gasteiger partial charge < -0.3 is 10.8 Å². The largest absolute Gasteiger partial charge is 0.480 e. The van der Waals surface area contributed by atoms with Crippen molar-refractivity contribution in [2.75, 3.05) is 0 Å². The SMILES string of the molecule is N[C@@](C(=O)O)(C1CCCCC1)C1CC2CCC1C2. The molecule has 3 aliphatic rings. The Morgan fingerprint density at radius 1 is 1.06 bits per heavy atom. The van der Waals surface area contributed by atoms with Crippen molar-refractivity contribution >= 4 is 5.97 Å². The van der Waals surface area contributed by atoms with Gasteiger partial charge in [0.15, 0.2) is 0 Å². The molecular weight excluding hydrogens is 226 g/mol. The van der Waals surface area contributed by atoms with Crippen molar-refractivity contribution in [1.29, 1.82) is 0 Å². The van der Waals surface area contributed by atoms with Crippen LogP contribution >= 0.6 is 0 Å². The molecule has 3 rings (SSSR count). The maximum atomic E-state index is 11.9. The number of hydrogen-bond acceptors (Lipinski definition) is 2. The molecule has 0 aromatic heterocycles. The van der Waals surface area contributed by atoms with Crippen LogP contribution in [0.25, 0.3) is 0 Å². The molecule has 0 aliphatic heterocycles. The van der Waals surface area contributed by atoms with E-state index in [4.69, 9.17) is 5.73 Å². The summed E-state index contributed by atoms with van der Waals surface area (Å²) in [6.07, 6.45) is 10.5. The molecule has 0 radical (unpaired) electrons. The molecule has 0 spiro atoms. The number of nitrogens with two attached hydrogens (primary N) is 1. The summed E-state index contributed by atoms with van der Waals surface area (Å²) in [5, 5.41) is 9.75. The Kier molecular flexibility index (Phi) is 3.13. The zero-order chi connectivity index (χ0) is 12.8. The fourth-order valence-electron chi connectivity index (χ4n) is 5.05. The molecule has 3 unspecified atom stereocenters. The molecule has 0 aromatic rings. The van der Waals surface area contributed by atoms with E-state index in [0.717, 1.165) is 38.0 Å². The lowest BCUT2D eigenvalue weighted by molar-refractivity contribution is -0.150. The first-order valence-electron chi connectivity index (χ1n) is 7.64. The highest BCUT2D eigenvalue weighted by Gasteiger charge is 2.55. The monoisotopic (exact) mass is 251 g/mol. The molecule has 3 saturated carbocycles. The molecule has 3 nitrogen and oxygen atoms in total. The van der Waals surface area contributed by atoms with Crippen molar-refractivity contribution in [3.8, 4) is 0 Å². The van der Waals surface area contributed by atoms with Crippen LogP contribution in [0.3, 0.4) is 0 Å². The van der Waals surface area contributed by atoms with Gasteiger partial charge >= 0.3 is 5.97 Å². The summed E-state index contributed by atoms with van der Waals surface area (Å²) in [6, 6.07) is 0. The Morgan fingerprint density at radius 3 is 2.28 bits per heavy atom. The van der Waals surface area contributed by atoms with E-state index < -0.39 is 11.5 Å². The molecule has 0 aromatic carbocycles. The number of carboxylic acid groups (broad SMARTS) is 1. The van der Waals surface area contributed by atoms with Gasteiger partial charge in [-0.2, -0.15) is 0 Å². The predicted octanol–water partition coefficient (Wildman–Crippen LogP) is 2.79. The highest BCUT2D eigenvalue weighted by atomic mass is 16.4. The van der Waals surface area contributed by atoms with Crippen LogP contribution in [0, 0.1) is 23.7 Å². The van der Waals surface area contributed by atoms with E-state index in [9.17, 15) is 9.90 Å². The molecule has 3 aliphatic carbocycles. The first-order chi connectivity index (χ1) is 8.62. The van der Waals surface area contributed by atoms with Gasteiger partial charge in [0.05, 0.1) is 0 Å². The van der Waals surface area contributed by atoms with Crippen LogP contribution in [0.2, 0.25) is 0 Å². The van der Waals surface area contributed by atoms with Crippen LogP contribution in [-0.4, -0.2) is 16.6 Å². The molecule has 2 bridgehead atoms. The van der Waals surface area contributed by atoms with Crippen LogP contribution in [0.1, 0.15) is 57.8 Å². The Hall–Kier alpha value is -0.570. The Balaban J connectivity index is 1.84. The highest BCUT2D eigenvalue weighted by molar-refractivity contribution is 5.79. The van der Waals surface area contributed by atoms with Crippen molar-refractivity contribution in [1.82, 2.24) is 0 Å². The van der Waals surface area contributed by atoms with Crippen LogP contribution in [0.4, 0.5) is 0 Å². The number of rotatable bonds is 3. The van der Waals surface area contributed by atoms with Gasteiger partial charge in [0.1, 0.15) is 5.54 Å². The second-order valence-electron chi connectivity index (χ2n) is 6.85. The van der Waals surface area contributed by atoms with Crippen molar-refractivity contribution in [3.05, 3.63) is 0 Å². The third kappa shape index (κ3) is 1.78. The van der Waals surface area contributed by atoms with E-state index in [1.807, 2.05) is 0 Å². The van der Waals surface area contributed by atoms with Gasteiger partial charge in [-0.05, 0) is 55.8 Å². The quantitative estimate of drug-likeness (QED) is 0.810. The van der Waals surface area contributed by atoms with Gasteiger partial charge in [0.2, 0.25) is 0 Å². The highest BCUT2D eigenvalue weighted by Crippen LogP contribution is 2.54. The van der Waals surface area contributed by atoms with Crippen LogP contribution < -0.4 is 5.73 Å². The van der Waals surface area contributed by atoms with Crippen molar-refractivity contribution in [3.63, 3.8) is 0 Å². The molecule has 0 heterocycles. The number of fused-ring (bicyclic) bond motifs is 2. The van der Waals surface area contributed by atoms with E-state index in [1.165, 1.54) is 25.7 Å². The first kappa shape index (κ1) is 12.5. The second kappa shape index (κ2) is 4.52. The van der Waals surface area contributed by atoms with Gasteiger partial charge in [-0.1, -0.05) is 25.7 Å². The van der Waals surface area contributed by atoms with Crippen molar-refractivity contribution in [2.24, 2.45) is 29.4 Å². The summed E-state index contributed by atoms with van der Waals surface area (Å²) in [5.41, 5.74) is 5.58. The minimum atomic E-state index is -0.930. The van der Waals surface area contributed by atoms with E-state index >= 15 is 0 Å². The van der Waals surface area contributed by atoms with Gasteiger partial charge in [-0.25, -0.2) is 0 Å². The maximum Gasteiger partial charge on any atom is 0.324 e. The van der Waals surface area contributed by atoms with Gasteiger partial charge in [0.25, 0.3) is 0 Å². The predicted molar refractivity (Wildman–Crippen MR) is 70.1 cm³/mol. The summed E-state index contributed by atoms with van der Waals surface area (Å²) in [4.78, 5) is 11.9. The van der Waals surface area contributed by atoms with Crippen LogP contribution in [0.5, 0.6) is 0 Å². The molecular formula is C15H25NO2. The lowest BCUT2D eigenvalue weighted by Crippen LogP contribution is -2.61. The minimum absolute atomic E-state index is 0.216. The molecule has 18 heavy (non-hydrogen) atoms. The van der Waals surface area contributed by atoms with Crippen LogP contribution in [-0.2, 0) is 4.79 Å². The zero-order valence-corrected chi connectivity index (χ0v) is 11.1. The standard InChI is InChI=1S/C15H25NO2/c16-15(14(17)18,12-4-2-1-3-5-12)13-9-10-6-7-11(13)8-10/h10-13H,1-9,16H2,(H,17,18)/t10?,11?,13?,15-/m0/s1. The Bertz CT molecular complexity index is 337. The molecule has 0 amide bonds. The fraction of sp³-hybridized carbons (Fsp3) is 0.933. The van der Waals surface area contributed by atoms with E-state index in [1.54, 1.807) is 0 Å². The summed E-state index contributed by atoms with van der Waals surface area (Å²) < 4.78 is 0. The summed E-state index contributed by atoms with van der Waals surface area (Å²) in [7, 11) is 0. The topological polar surface area (TPSA) is 63.3 Å². The van der Waals surface area contributed by atoms with E-state index in [0.29, 0.717) is 5.92 Å². The van der Waals surface area contributed by atoms with Gasteiger partial charge in [0, 0.05) is 0 Å². The summed E-state index contributed by atoms with van der Waals surface area (Å²) >= 11 is 0. The van der Waals surface area contributed by atoms with Crippen molar-refractivity contribution < 1.29 is 9.90 Å². The third-order valence-corrected chi connectivity index (χ3v) is 6.00. The van der Waals surface area contributed by atoms with Crippen molar-refractivity contribution in [2.45, 2.75) is 63.3 Å². The lowest BCUT2D eigenvalue weighted by atomic mass is 9.64. The minimum Gasteiger partial charge on any atom is -0.480 e. The fourth-order valence-corrected chi connectivity index (χ4v) is 5.05. The average Bonchev–Trinajstić information content (AvgIpc) is 3.01. The summed E-state index contributed by atoms with van der Waals surface area (Å²) in [5.74, 6) is 1.10. The molecule has 4 atom stereocenters. The molecule has 3 N–H and O–H groups in total. The van der Waals surface area contributed by atoms with Crippen LogP contribution in [0.15, 0.2) is 0 Å². The zero-order valence-electron chi connectivity index (χ0n) is 11.1. The number of carbonyl (C=O) groups is 1. The smallest absolute Gasteiger partial charge is 0.324 e. The number of carboxylic acids is 1. The third-order valence-electron chi connectivity index (χ3n) is 6.00.